The van der Waals surface area contributed by atoms with Crippen LogP contribution in [0.2, 0.25) is 0 Å². The number of carboxylic acids is 1. The molecule has 0 aromatic heterocycles. The number of aliphatic carboxylic acids is 1. The summed E-state index contributed by atoms with van der Waals surface area (Å²) in [7, 11) is 3.52. The fourth-order valence-electron chi connectivity index (χ4n) is 4.06. The van der Waals surface area contributed by atoms with Crippen LogP contribution in [-0.2, 0) is 15.1 Å². The Hall–Kier alpha value is -2.95. The molecule has 1 atom stereocenters. The molecule has 3 aromatic rings. The van der Waals surface area contributed by atoms with Gasteiger partial charge in [0.15, 0.2) is 0 Å². The SMILES string of the molecule is CN(C)[C@@H](COC1(c2ccccc2)c2ccccc2-c2ccccc21)C(=O)O. The summed E-state index contributed by atoms with van der Waals surface area (Å²) in [6, 6.07) is 25.7. The van der Waals surface area contributed by atoms with E-state index in [9.17, 15) is 9.90 Å². The number of fused-ring (bicyclic) bond motifs is 3. The summed E-state index contributed by atoms with van der Waals surface area (Å²) in [5, 5.41) is 9.64. The zero-order chi connectivity index (χ0) is 19.7. The highest BCUT2D eigenvalue weighted by Crippen LogP contribution is 2.53. The molecule has 4 rings (SSSR count). The fraction of sp³-hybridized carbons (Fsp3) is 0.208. The summed E-state index contributed by atoms with van der Waals surface area (Å²) in [4.78, 5) is 13.4. The van der Waals surface area contributed by atoms with Gasteiger partial charge in [-0.25, -0.2) is 0 Å². The molecule has 1 aliphatic rings. The van der Waals surface area contributed by atoms with E-state index in [0.717, 1.165) is 27.8 Å². The van der Waals surface area contributed by atoms with Crippen LogP contribution in [0.1, 0.15) is 16.7 Å². The highest BCUT2D eigenvalue weighted by Gasteiger charge is 2.46. The maximum atomic E-state index is 11.8. The topological polar surface area (TPSA) is 49.8 Å². The minimum absolute atomic E-state index is 0.0693. The van der Waals surface area contributed by atoms with E-state index < -0.39 is 17.6 Å². The lowest BCUT2D eigenvalue weighted by atomic mass is 9.84. The Morgan fingerprint density at radius 2 is 1.39 bits per heavy atom. The molecule has 0 bridgehead atoms. The van der Waals surface area contributed by atoms with Crippen molar-refractivity contribution in [1.82, 2.24) is 4.90 Å². The maximum Gasteiger partial charge on any atom is 0.323 e. The van der Waals surface area contributed by atoms with Crippen LogP contribution in [0.25, 0.3) is 11.1 Å². The molecule has 0 aliphatic heterocycles. The van der Waals surface area contributed by atoms with Crippen molar-refractivity contribution in [2.75, 3.05) is 20.7 Å². The quantitative estimate of drug-likeness (QED) is 0.710. The number of hydrogen-bond acceptors (Lipinski definition) is 3. The van der Waals surface area contributed by atoms with Gasteiger partial charge < -0.3 is 9.84 Å². The Bertz CT molecular complexity index is 952. The highest BCUT2D eigenvalue weighted by atomic mass is 16.5. The van der Waals surface area contributed by atoms with Crippen LogP contribution in [0.4, 0.5) is 0 Å². The van der Waals surface area contributed by atoms with E-state index in [-0.39, 0.29) is 6.61 Å². The van der Waals surface area contributed by atoms with Crippen molar-refractivity contribution in [3.8, 4) is 11.1 Å². The van der Waals surface area contributed by atoms with Crippen LogP contribution < -0.4 is 0 Å². The molecule has 0 saturated heterocycles. The molecule has 142 valence electrons. The van der Waals surface area contributed by atoms with E-state index in [4.69, 9.17) is 4.74 Å². The monoisotopic (exact) mass is 373 g/mol. The second-order valence-electron chi connectivity index (χ2n) is 7.27. The Morgan fingerprint density at radius 3 is 1.89 bits per heavy atom. The molecular weight excluding hydrogens is 350 g/mol. The van der Waals surface area contributed by atoms with Crippen LogP contribution in [-0.4, -0.2) is 42.7 Å². The Kier molecular flexibility index (Phi) is 4.75. The van der Waals surface area contributed by atoms with E-state index in [0.29, 0.717) is 0 Å². The molecule has 0 heterocycles. The zero-order valence-electron chi connectivity index (χ0n) is 16.0. The third-order valence-electron chi connectivity index (χ3n) is 5.45. The first kappa shape index (κ1) is 18.4. The number of carbonyl (C=O) groups is 1. The van der Waals surface area contributed by atoms with Gasteiger partial charge in [0.2, 0.25) is 0 Å². The van der Waals surface area contributed by atoms with Crippen molar-refractivity contribution in [2.24, 2.45) is 0 Å². The van der Waals surface area contributed by atoms with E-state index in [1.807, 2.05) is 54.6 Å². The number of hydrogen-bond donors (Lipinski definition) is 1. The summed E-state index contributed by atoms with van der Waals surface area (Å²) in [5.41, 5.74) is 4.50. The number of rotatable bonds is 6. The molecule has 0 amide bonds. The van der Waals surface area contributed by atoms with Crippen LogP contribution in [0, 0.1) is 0 Å². The van der Waals surface area contributed by atoms with Gasteiger partial charge >= 0.3 is 5.97 Å². The molecule has 1 aliphatic carbocycles. The average molecular weight is 373 g/mol. The summed E-state index contributed by atoms with van der Waals surface area (Å²) in [6.45, 7) is 0.0693. The number of ether oxygens (including phenoxy) is 1. The second-order valence-corrected chi connectivity index (χ2v) is 7.27. The van der Waals surface area contributed by atoms with Gasteiger partial charge in [-0.1, -0.05) is 78.9 Å². The first-order valence-electron chi connectivity index (χ1n) is 9.34. The summed E-state index contributed by atoms with van der Waals surface area (Å²) in [5.74, 6) is -0.896. The normalized spacial score (nSPS) is 15.1. The number of likely N-dealkylation sites (N-methyl/N-ethyl adjacent to an activating group) is 1. The molecule has 4 nitrogen and oxygen atoms in total. The first-order valence-corrected chi connectivity index (χ1v) is 9.34. The van der Waals surface area contributed by atoms with Gasteiger partial charge in [0, 0.05) is 11.1 Å². The van der Waals surface area contributed by atoms with Crippen molar-refractivity contribution < 1.29 is 14.6 Å². The van der Waals surface area contributed by atoms with Gasteiger partial charge in [-0.3, -0.25) is 9.69 Å². The summed E-state index contributed by atoms with van der Waals surface area (Å²) >= 11 is 0. The van der Waals surface area contributed by atoms with Gasteiger partial charge in [0.25, 0.3) is 0 Å². The van der Waals surface area contributed by atoms with E-state index in [1.54, 1.807) is 19.0 Å². The molecule has 0 spiro atoms. The molecule has 0 saturated carbocycles. The average Bonchev–Trinajstić information content (AvgIpc) is 3.00. The minimum Gasteiger partial charge on any atom is -0.480 e. The van der Waals surface area contributed by atoms with E-state index in [1.165, 1.54) is 0 Å². The first-order chi connectivity index (χ1) is 13.6. The molecule has 0 unspecified atom stereocenters. The number of benzene rings is 3. The van der Waals surface area contributed by atoms with Gasteiger partial charge in [-0.05, 0) is 30.8 Å². The fourth-order valence-corrected chi connectivity index (χ4v) is 4.06. The summed E-state index contributed by atoms with van der Waals surface area (Å²) in [6.07, 6.45) is 0. The molecule has 1 N–H and O–H groups in total. The summed E-state index contributed by atoms with van der Waals surface area (Å²) < 4.78 is 6.59. The van der Waals surface area contributed by atoms with Gasteiger partial charge in [0.05, 0.1) is 6.61 Å². The third-order valence-corrected chi connectivity index (χ3v) is 5.45. The lowest BCUT2D eigenvalue weighted by molar-refractivity contribution is -0.146. The van der Waals surface area contributed by atoms with Crippen LogP contribution in [0.3, 0.4) is 0 Å². The van der Waals surface area contributed by atoms with Crippen molar-refractivity contribution >= 4 is 5.97 Å². The standard InChI is InChI=1S/C24H23NO3/c1-25(2)22(23(26)27)16-28-24(17-10-4-3-5-11-17)20-14-8-6-12-18(20)19-13-7-9-15-21(19)24/h3-15,22H,16H2,1-2H3,(H,26,27)/t22-/m0/s1. The second kappa shape index (κ2) is 7.23. The molecule has 0 radical (unpaired) electrons. The smallest absolute Gasteiger partial charge is 0.323 e. The van der Waals surface area contributed by atoms with Gasteiger partial charge in [-0.15, -0.1) is 0 Å². The van der Waals surface area contributed by atoms with Crippen molar-refractivity contribution in [2.45, 2.75) is 11.6 Å². The zero-order valence-corrected chi connectivity index (χ0v) is 16.0. The van der Waals surface area contributed by atoms with Crippen molar-refractivity contribution in [3.63, 3.8) is 0 Å². The third kappa shape index (κ3) is 2.82. The van der Waals surface area contributed by atoms with Crippen LogP contribution in [0.5, 0.6) is 0 Å². The lowest BCUT2D eigenvalue weighted by Crippen LogP contribution is -2.43. The predicted octanol–water partition coefficient (Wildman–Crippen LogP) is 3.99. The molecular formula is C24H23NO3. The van der Waals surface area contributed by atoms with Crippen molar-refractivity contribution in [1.29, 1.82) is 0 Å². The predicted molar refractivity (Wildman–Crippen MR) is 109 cm³/mol. The largest absolute Gasteiger partial charge is 0.480 e. The number of carboxylic acid groups (broad SMARTS) is 1. The minimum atomic E-state index is -0.896. The maximum absolute atomic E-state index is 11.8. The van der Waals surface area contributed by atoms with E-state index >= 15 is 0 Å². The molecule has 4 heteroatoms. The Labute approximate surface area is 165 Å². The molecule has 28 heavy (non-hydrogen) atoms. The van der Waals surface area contributed by atoms with Crippen molar-refractivity contribution in [3.05, 3.63) is 95.6 Å². The van der Waals surface area contributed by atoms with Crippen LogP contribution >= 0.6 is 0 Å². The highest BCUT2D eigenvalue weighted by molar-refractivity contribution is 5.82. The van der Waals surface area contributed by atoms with E-state index in [2.05, 4.69) is 24.3 Å². The Balaban J connectivity index is 1.92. The van der Waals surface area contributed by atoms with Gasteiger partial charge in [-0.2, -0.15) is 0 Å². The lowest BCUT2D eigenvalue weighted by Gasteiger charge is -2.35. The molecule has 3 aromatic carbocycles. The van der Waals surface area contributed by atoms with Crippen LogP contribution in [0.15, 0.2) is 78.9 Å². The van der Waals surface area contributed by atoms with Gasteiger partial charge in [0.1, 0.15) is 11.6 Å². The number of nitrogens with zero attached hydrogens (tertiary/aromatic N) is 1. The Morgan fingerprint density at radius 1 is 0.893 bits per heavy atom. The molecule has 0 fully saturated rings.